The van der Waals surface area contributed by atoms with Crippen LogP contribution in [0.4, 0.5) is 5.69 Å². The van der Waals surface area contributed by atoms with Gasteiger partial charge in [0.05, 0.1) is 12.3 Å². The molecule has 0 aliphatic heterocycles. The van der Waals surface area contributed by atoms with Crippen molar-refractivity contribution in [3.63, 3.8) is 0 Å². The van der Waals surface area contributed by atoms with E-state index in [0.29, 0.717) is 17.2 Å². The Hall–Kier alpha value is -1.03. The van der Waals surface area contributed by atoms with Crippen molar-refractivity contribution in [1.29, 1.82) is 0 Å². The molecule has 0 unspecified atom stereocenters. The minimum Gasteiger partial charge on any atom is -0.462 e. The first-order valence-electron chi connectivity index (χ1n) is 3.67. The Labute approximate surface area is 75.1 Å². The van der Waals surface area contributed by atoms with Crippen LogP contribution in [-0.4, -0.2) is 12.6 Å². The molecule has 0 saturated heterocycles. The second-order valence-electron chi connectivity index (χ2n) is 2.38. The van der Waals surface area contributed by atoms with Crippen LogP contribution >= 0.6 is 11.3 Å². The van der Waals surface area contributed by atoms with E-state index in [1.807, 2.05) is 12.3 Å². The molecule has 1 aromatic heterocycles. The predicted octanol–water partition coefficient (Wildman–Crippen LogP) is 1.82. The smallest absolute Gasteiger partial charge is 0.350 e. The number of anilines is 1. The molecule has 4 heteroatoms. The number of nitrogen functional groups attached to an aromatic ring is 1. The van der Waals surface area contributed by atoms with Gasteiger partial charge in [-0.05, 0) is 24.8 Å². The van der Waals surface area contributed by atoms with E-state index in [0.717, 1.165) is 5.56 Å². The number of carbonyl (C=O) groups excluding carboxylic acids is 1. The number of aryl methyl sites for hydroxylation is 1. The molecule has 0 aliphatic rings. The first kappa shape index (κ1) is 9.06. The average Bonchev–Trinajstić information content (AvgIpc) is 2.34. The fourth-order valence-electron chi connectivity index (χ4n) is 0.808. The molecule has 0 aliphatic carbocycles. The van der Waals surface area contributed by atoms with Crippen molar-refractivity contribution in [2.24, 2.45) is 0 Å². The third-order valence-corrected chi connectivity index (χ3v) is 2.58. The highest BCUT2D eigenvalue weighted by Gasteiger charge is 2.13. The van der Waals surface area contributed by atoms with Gasteiger partial charge in [0.1, 0.15) is 4.88 Å². The second kappa shape index (κ2) is 3.58. The third-order valence-electron chi connectivity index (χ3n) is 1.48. The molecular formula is C8H11NO2S. The van der Waals surface area contributed by atoms with Crippen LogP contribution in [0, 0.1) is 6.92 Å². The maximum absolute atomic E-state index is 11.2. The summed E-state index contributed by atoms with van der Waals surface area (Å²) in [4.78, 5) is 11.7. The van der Waals surface area contributed by atoms with E-state index in [2.05, 4.69) is 0 Å². The molecule has 0 atom stereocenters. The topological polar surface area (TPSA) is 52.3 Å². The van der Waals surface area contributed by atoms with Gasteiger partial charge in [-0.2, -0.15) is 0 Å². The molecule has 0 amide bonds. The Bertz CT molecular complexity index is 293. The predicted molar refractivity (Wildman–Crippen MR) is 49.4 cm³/mol. The SMILES string of the molecule is CCOC(=O)c1scc(C)c1N. The summed E-state index contributed by atoms with van der Waals surface area (Å²) >= 11 is 1.32. The van der Waals surface area contributed by atoms with Gasteiger partial charge in [-0.15, -0.1) is 11.3 Å². The van der Waals surface area contributed by atoms with Crippen molar-refractivity contribution < 1.29 is 9.53 Å². The zero-order valence-corrected chi connectivity index (χ0v) is 7.90. The normalized spacial score (nSPS) is 9.83. The fourth-order valence-corrected chi connectivity index (χ4v) is 1.67. The minimum absolute atomic E-state index is 0.326. The van der Waals surface area contributed by atoms with Crippen molar-refractivity contribution >= 4 is 23.0 Å². The number of rotatable bonds is 2. The molecule has 0 saturated carbocycles. The van der Waals surface area contributed by atoms with Gasteiger partial charge in [0, 0.05) is 0 Å². The average molecular weight is 185 g/mol. The molecule has 12 heavy (non-hydrogen) atoms. The Morgan fingerprint density at radius 2 is 2.42 bits per heavy atom. The molecule has 0 spiro atoms. The standard InChI is InChI=1S/C8H11NO2S/c1-3-11-8(10)7-6(9)5(2)4-12-7/h4H,3,9H2,1-2H3. The van der Waals surface area contributed by atoms with Crippen LogP contribution < -0.4 is 5.73 Å². The number of nitrogens with two attached hydrogens (primary N) is 1. The molecule has 66 valence electrons. The lowest BCUT2D eigenvalue weighted by molar-refractivity contribution is 0.0533. The summed E-state index contributed by atoms with van der Waals surface area (Å²) in [6.45, 7) is 4.03. The zero-order valence-electron chi connectivity index (χ0n) is 7.09. The monoisotopic (exact) mass is 185 g/mol. The van der Waals surface area contributed by atoms with E-state index in [-0.39, 0.29) is 5.97 Å². The number of hydrogen-bond donors (Lipinski definition) is 1. The van der Waals surface area contributed by atoms with E-state index in [1.165, 1.54) is 11.3 Å². The summed E-state index contributed by atoms with van der Waals surface area (Å²) in [6.07, 6.45) is 0. The number of hydrogen-bond acceptors (Lipinski definition) is 4. The van der Waals surface area contributed by atoms with Crippen LogP contribution in [0.5, 0.6) is 0 Å². The molecule has 3 nitrogen and oxygen atoms in total. The van der Waals surface area contributed by atoms with Crippen molar-refractivity contribution in [3.8, 4) is 0 Å². The summed E-state index contributed by atoms with van der Waals surface area (Å²) < 4.78 is 4.81. The summed E-state index contributed by atoms with van der Waals surface area (Å²) in [5.41, 5.74) is 7.12. The minimum atomic E-state index is -0.326. The number of carbonyl (C=O) groups is 1. The summed E-state index contributed by atoms with van der Waals surface area (Å²) in [5, 5.41) is 1.85. The van der Waals surface area contributed by atoms with E-state index in [9.17, 15) is 4.79 Å². The first-order chi connectivity index (χ1) is 5.66. The lowest BCUT2D eigenvalue weighted by atomic mass is 10.3. The van der Waals surface area contributed by atoms with Crippen molar-refractivity contribution in [2.45, 2.75) is 13.8 Å². The lowest BCUT2D eigenvalue weighted by Gasteiger charge is -1.99. The van der Waals surface area contributed by atoms with Crippen molar-refractivity contribution in [2.75, 3.05) is 12.3 Å². The number of thiophene rings is 1. The van der Waals surface area contributed by atoms with Gasteiger partial charge >= 0.3 is 5.97 Å². The molecule has 1 aromatic rings. The lowest BCUT2D eigenvalue weighted by Crippen LogP contribution is -2.05. The fraction of sp³-hybridized carbons (Fsp3) is 0.375. The molecule has 0 aromatic carbocycles. The largest absolute Gasteiger partial charge is 0.462 e. The molecule has 1 heterocycles. The Kier molecular flexibility index (Phi) is 2.70. The maximum Gasteiger partial charge on any atom is 0.350 e. The summed E-state index contributed by atoms with van der Waals surface area (Å²) in [7, 11) is 0. The molecule has 0 fully saturated rings. The molecular weight excluding hydrogens is 174 g/mol. The van der Waals surface area contributed by atoms with E-state index in [1.54, 1.807) is 6.92 Å². The molecule has 0 radical (unpaired) electrons. The van der Waals surface area contributed by atoms with Gasteiger partial charge in [0.15, 0.2) is 0 Å². The zero-order chi connectivity index (χ0) is 9.14. The van der Waals surface area contributed by atoms with E-state index >= 15 is 0 Å². The maximum atomic E-state index is 11.2. The van der Waals surface area contributed by atoms with Crippen LogP contribution in [0.2, 0.25) is 0 Å². The summed E-state index contributed by atoms with van der Waals surface area (Å²) in [5.74, 6) is -0.326. The second-order valence-corrected chi connectivity index (χ2v) is 3.26. The van der Waals surface area contributed by atoms with Gasteiger partial charge < -0.3 is 10.5 Å². The van der Waals surface area contributed by atoms with Crippen molar-refractivity contribution in [1.82, 2.24) is 0 Å². The highest BCUT2D eigenvalue weighted by atomic mass is 32.1. The Morgan fingerprint density at radius 1 is 1.75 bits per heavy atom. The van der Waals surface area contributed by atoms with Crippen LogP contribution in [0.1, 0.15) is 22.2 Å². The van der Waals surface area contributed by atoms with Crippen LogP contribution in [-0.2, 0) is 4.74 Å². The highest BCUT2D eigenvalue weighted by molar-refractivity contribution is 7.12. The third kappa shape index (κ3) is 1.58. The molecule has 0 bridgehead atoms. The Balaban J connectivity index is 2.88. The summed E-state index contributed by atoms with van der Waals surface area (Å²) in [6, 6.07) is 0. The van der Waals surface area contributed by atoms with Gasteiger partial charge in [0.2, 0.25) is 0 Å². The van der Waals surface area contributed by atoms with Crippen LogP contribution in [0.3, 0.4) is 0 Å². The van der Waals surface area contributed by atoms with Gasteiger partial charge in [-0.1, -0.05) is 0 Å². The quantitative estimate of drug-likeness (QED) is 0.715. The first-order valence-corrected chi connectivity index (χ1v) is 4.55. The molecule has 1 rings (SSSR count). The number of esters is 1. The van der Waals surface area contributed by atoms with Crippen LogP contribution in [0.25, 0.3) is 0 Å². The van der Waals surface area contributed by atoms with Gasteiger partial charge in [0.25, 0.3) is 0 Å². The van der Waals surface area contributed by atoms with Gasteiger partial charge in [-0.25, -0.2) is 4.79 Å². The molecule has 2 N–H and O–H groups in total. The van der Waals surface area contributed by atoms with Gasteiger partial charge in [-0.3, -0.25) is 0 Å². The van der Waals surface area contributed by atoms with E-state index in [4.69, 9.17) is 10.5 Å². The van der Waals surface area contributed by atoms with Crippen molar-refractivity contribution in [3.05, 3.63) is 15.8 Å². The Morgan fingerprint density at radius 3 is 2.83 bits per heavy atom. The number of ether oxygens (including phenoxy) is 1. The highest BCUT2D eigenvalue weighted by Crippen LogP contribution is 2.24. The van der Waals surface area contributed by atoms with Crippen LogP contribution in [0.15, 0.2) is 5.38 Å². The van der Waals surface area contributed by atoms with E-state index < -0.39 is 0 Å².